The molecule has 0 radical (unpaired) electrons. The zero-order chi connectivity index (χ0) is 24.5. The average Bonchev–Trinajstić information content (AvgIpc) is 3.42. The van der Waals surface area contributed by atoms with Crippen LogP contribution in [0, 0.1) is 5.41 Å². The zero-order valence-corrected chi connectivity index (χ0v) is 20.2. The number of likely N-dealkylation sites (tertiary alicyclic amines) is 1. The number of rotatable bonds is 5. The Hall–Kier alpha value is -3.72. The number of amidine groups is 1. The Morgan fingerprint density at radius 2 is 2.03 bits per heavy atom. The lowest BCUT2D eigenvalue weighted by Crippen LogP contribution is -2.44. The number of esters is 1. The monoisotopic (exact) mass is 490 g/mol. The van der Waals surface area contributed by atoms with Crippen LogP contribution >= 0.6 is 11.3 Å². The number of fused-ring (bicyclic) bond motifs is 1. The normalized spacial score (nSPS) is 18.4. The van der Waals surface area contributed by atoms with Crippen molar-refractivity contribution in [1.29, 1.82) is 5.41 Å². The number of aliphatic hydroxyl groups is 1. The van der Waals surface area contributed by atoms with Gasteiger partial charge in [0.15, 0.2) is 6.61 Å². The predicted molar refractivity (Wildman–Crippen MR) is 136 cm³/mol. The van der Waals surface area contributed by atoms with Gasteiger partial charge in [-0.1, -0.05) is 18.2 Å². The number of amides is 1. The van der Waals surface area contributed by atoms with E-state index in [-0.39, 0.29) is 42.3 Å². The maximum absolute atomic E-state index is 12.7. The first-order valence-corrected chi connectivity index (χ1v) is 12.4. The summed E-state index contributed by atoms with van der Waals surface area (Å²) in [6.45, 7) is 2.52. The van der Waals surface area contributed by atoms with Crippen LogP contribution in [-0.4, -0.2) is 58.4 Å². The third-order valence-electron chi connectivity index (χ3n) is 6.45. The molecule has 35 heavy (non-hydrogen) atoms. The number of anilines is 1. The number of nitrogens with one attached hydrogen (secondary N) is 1. The van der Waals surface area contributed by atoms with Crippen LogP contribution in [0.1, 0.15) is 41.6 Å². The average molecular weight is 491 g/mol. The Bertz CT molecular complexity index is 1310. The summed E-state index contributed by atoms with van der Waals surface area (Å²) in [5, 5.41) is 19.9. The first-order chi connectivity index (χ1) is 16.9. The van der Waals surface area contributed by atoms with E-state index >= 15 is 0 Å². The highest BCUT2D eigenvalue weighted by molar-refractivity contribution is 7.19. The molecule has 1 aromatic heterocycles. The summed E-state index contributed by atoms with van der Waals surface area (Å²) in [5.74, 6) is -0.610. The van der Waals surface area contributed by atoms with Gasteiger partial charge in [0.2, 0.25) is 0 Å². The minimum Gasteiger partial charge on any atom is -0.510 e. The molecule has 0 saturated carbocycles. The maximum Gasteiger partial charge on any atom is 0.338 e. The topological polar surface area (TPSA) is 107 Å². The number of hydrogen-bond acceptors (Lipinski definition) is 7. The molecule has 2 aliphatic heterocycles. The molecule has 0 spiro atoms. The minimum atomic E-state index is -0.598. The lowest BCUT2D eigenvalue weighted by atomic mass is 10.0. The second kappa shape index (κ2) is 9.50. The number of para-hydroxylation sites is 1. The summed E-state index contributed by atoms with van der Waals surface area (Å²) >= 11 is 1.42. The van der Waals surface area contributed by atoms with Crippen LogP contribution in [0.2, 0.25) is 0 Å². The van der Waals surface area contributed by atoms with E-state index in [2.05, 4.69) is 4.98 Å². The highest BCUT2D eigenvalue weighted by atomic mass is 32.1. The molecule has 0 unspecified atom stereocenters. The van der Waals surface area contributed by atoms with Crippen LogP contribution in [0.15, 0.2) is 54.3 Å². The number of nitrogens with zero attached hydrogens (tertiary/aromatic N) is 3. The summed E-state index contributed by atoms with van der Waals surface area (Å²) in [5.41, 5.74) is 2.06. The zero-order valence-electron chi connectivity index (χ0n) is 19.4. The molecule has 3 heterocycles. The molecule has 9 heteroatoms. The summed E-state index contributed by atoms with van der Waals surface area (Å²) in [4.78, 5) is 33.2. The summed E-state index contributed by atoms with van der Waals surface area (Å²) in [6, 6.07) is 14.5. The van der Waals surface area contributed by atoms with Gasteiger partial charge in [-0.05, 0) is 56.5 Å². The van der Waals surface area contributed by atoms with Crippen LogP contribution in [0.5, 0.6) is 0 Å². The van der Waals surface area contributed by atoms with Gasteiger partial charge in [-0.3, -0.25) is 10.2 Å². The molecule has 8 nitrogen and oxygen atoms in total. The van der Waals surface area contributed by atoms with Crippen LogP contribution in [0.3, 0.4) is 0 Å². The molecule has 5 rings (SSSR count). The van der Waals surface area contributed by atoms with E-state index in [1.54, 1.807) is 34.1 Å². The fourth-order valence-corrected chi connectivity index (χ4v) is 5.60. The Balaban J connectivity index is 1.28. The molecule has 1 fully saturated rings. The van der Waals surface area contributed by atoms with Crippen molar-refractivity contribution in [2.75, 3.05) is 24.6 Å². The van der Waals surface area contributed by atoms with E-state index in [9.17, 15) is 14.7 Å². The Morgan fingerprint density at radius 1 is 1.20 bits per heavy atom. The highest BCUT2D eigenvalue weighted by Crippen LogP contribution is 2.35. The van der Waals surface area contributed by atoms with Crippen LogP contribution in [-0.2, 0) is 9.53 Å². The number of carbonyl (C=O) groups is 2. The predicted octanol–water partition coefficient (Wildman–Crippen LogP) is 4.62. The molecular formula is C26H26N4O4S. The Kier molecular flexibility index (Phi) is 6.25. The van der Waals surface area contributed by atoms with Crippen molar-refractivity contribution in [2.24, 2.45) is 0 Å². The number of aromatic nitrogens is 1. The van der Waals surface area contributed by atoms with E-state index in [1.165, 1.54) is 11.3 Å². The molecular weight excluding hydrogens is 464 g/mol. The molecule has 1 saturated heterocycles. The fraction of sp³-hybridized carbons (Fsp3) is 0.308. The largest absolute Gasteiger partial charge is 0.510 e. The molecule has 0 aliphatic carbocycles. The van der Waals surface area contributed by atoms with Crippen LogP contribution in [0.4, 0.5) is 5.69 Å². The number of hydrogen-bond donors (Lipinski definition) is 2. The van der Waals surface area contributed by atoms with Gasteiger partial charge in [0.1, 0.15) is 16.6 Å². The molecule has 2 aliphatic rings. The molecule has 1 amide bonds. The van der Waals surface area contributed by atoms with Crippen molar-refractivity contribution in [3.63, 3.8) is 0 Å². The summed E-state index contributed by atoms with van der Waals surface area (Å²) in [6.07, 6.45) is 3.03. The minimum absolute atomic E-state index is 0.0586. The first kappa shape index (κ1) is 23.0. The van der Waals surface area contributed by atoms with Gasteiger partial charge < -0.3 is 19.6 Å². The van der Waals surface area contributed by atoms with Gasteiger partial charge in [0.25, 0.3) is 5.91 Å². The van der Waals surface area contributed by atoms with Gasteiger partial charge in [-0.2, -0.15) is 0 Å². The van der Waals surface area contributed by atoms with Gasteiger partial charge >= 0.3 is 5.97 Å². The quantitative estimate of drug-likeness (QED) is 0.506. The van der Waals surface area contributed by atoms with Gasteiger partial charge in [-0.15, -0.1) is 11.3 Å². The van der Waals surface area contributed by atoms with E-state index < -0.39 is 5.97 Å². The highest BCUT2D eigenvalue weighted by Gasteiger charge is 2.32. The SMILES string of the molecule is C[C@@H]1CCCCN1C(=O)COC(=O)c1cccc(N2CC(O)=C(c3nc4ccccc4s3)C2=N)c1. The molecule has 1 atom stereocenters. The lowest BCUT2D eigenvalue weighted by Gasteiger charge is -2.33. The third-order valence-corrected chi connectivity index (χ3v) is 7.51. The number of ether oxygens (including phenoxy) is 1. The maximum atomic E-state index is 12.7. The number of benzene rings is 2. The number of carbonyl (C=O) groups excluding carboxylic acids is 2. The van der Waals surface area contributed by atoms with Crippen molar-refractivity contribution in [2.45, 2.75) is 32.2 Å². The van der Waals surface area contributed by atoms with Crippen molar-refractivity contribution in [1.82, 2.24) is 9.88 Å². The third kappa shape index (κ3) is 4.51. The molecule has 3 aromatic rings. The van der Waals surface area contributed by atoms with Crippen LogP contribution in [0.25, 0.3) is 15.8 Å². The fourth-order valence-electron chi connectivity index (χ4n) is 4.57. The second-order valence-corrected chi connectivity index (χ2v) is 9.83. The lowest BCUT2D eigenvalue weighted by molar-refractivity contribution is -0.137. The van der Waals surface area contributed by atoms with Crippen molar-refractivity contribution < 1.29 is 19.4 Å². The molecule has 180 valence electrons. The summed E-state index contributed by atoms with van der Waals surface area (Å²) in [7, 11) is 0. The van der Waals surface area contributed by atoms with E-state index in [0.717, 1.165) is 29.5 Å². The van der Waals surface area contributed by atoms with Gasteiger partial charge in [0.05, 0.1) is 27.9 Å². The van der Waals surface area contributed by atoms with Crippen LogP contribution < -0.4 is 4.90 Å². The molecule has 2 N–H and O–H groups in total. The summed E-state index contributed by atoms with van der Waals surface area (Å²) < 4.78 is 6.29. The first-order valence-electron chi connectivity index (χ1n) is 11.6. The Labute approximate surface area is 207 Å². The second-order valence-electron chi connectivity index (χ2n) is 8.80. The van der Waals surface area contributed by atoms with Crippen molar-refractivity contribution in [3.05, 3.63) is 64.9 Å². The van der Waals surface area contributed by atoms with Gasteiger partial charge in [-0.25, -0.2) is 9.78 Å². The van der Waals surface area contributed by atoms with E-state index in [4.69, 9.17) is 10.1 Å². The van der Waals surface area contributed by atoms with E-state index in [1.807, 2.05) is 31.2 Å². The smallest absolute Gasteiger partial charge is 0.338 e. The van der Waals surface area contributed by atoms with Crippen molar-refractivity contribution >= 4 is 50.5 Å². The standard InChI is InChI=1S/C26H26N4O4S/c1-16-7-4-5-12-29(16)22(32)15-34-26(33)17-8-6-9-18(13-17)30-14-20(31)23(24(30)27)25-28-19-10-2-3-11-21(19)35-25/h2-3,6,8-11,13,16,27,31H,4-5,7,12,14-15H2,1H3/t16-/m1/s1. The van der Waals surface area contributed by atoms with E-state index in [0.29, 0.717) is 22.8 Å². The number of aliphatic hydroxyl groups excluding tert-OH is 1. The van der Waals surface area contributed by atoms with Gasteiger partial charge in [0, 0.05) is 18.3 Å². The Morgan fingerprint density at radius 3 is 2.83 bits per heavy atom. The number of piperidine rings is 1. The molecule has 2 aromatic carbocycles. The number of thiazole rings is 1. The van der Waals surface area contributed by atoms with Crippen molar-refractivity contribution in [3.8, 4) is 0 Å². The molecule has 0 bridgehead atoms.